The molecule has 138 valence electrons. The van der Waals surface area contributed by atoms with Crippen molar-refractivity contribution in [1.29, 1.82) is 0 Å². The third kappa shape index (κ3) is 3.40. The second-order valence-electron chi connectivity index (χ2n) is 8.32. The number of benzene rings is 2. The van der Waals surface area contributed by atoms with Crippen LogP contribution in [-0.4, -0.2) is 11.7 Å². The number of ether oxygens (including phenoxy) is 2. The molecule has 2 heterocycles. The topological polar surface area (TPSA) is 18.5 Å². The largest absolute Gasteiger partial charge is 0.487 e. The standard InChI is InChI=1S/C24H30O2/c1-4-17-11-15-22-20(16-17)23-21(24(2,3)26-22)14-13-19(25-23)12-10-18-8-6-5-7-9-18/h5-9,11,15-16,19,21,23H,4,10,12-14H2,1-3H3/t19-,21-,23+/m0/s1. The molecule has 2 aliphatic heterocycles. The molecular formula is C24H30O2. The predicted octanol–water partition coefficient (Wildman–Crippen LogP) is 5.89. The summed E-state index contributed by atoms with van der Waals surface area (Å²) in [5.41, 5.74) is 3.86. The Kier molecular flexibility index (Phi) is 4.79. The van der Waals surface area contributed by atoms with E-state index < -0.39 is 0 Å². The van der Waals surface area contributed by atoms with E-state index in [-0.39, 0.29) is 11.7 Å². The normalized spacial score (nSPS) is 26.5. The van der Waals surface area contributed by atoms with Crippen LogP contribution in [0.2, 0.25) is 0 Å². The van der Waals surface area contributed by atoms with E-state index >= 15 is 0 Å². The van der Waals surface area contributed by atoms with E-state index in [2.05, 4.69) is 69.3 Å². The maximum Gasteiger partial charge on any atom is 0.125 e. The van der Waals surface area contributed by atoms with Crippen molar-refractivity contribution in [3.63, 3.8) is 0 Å². The van der Waals surface area contributed by atoms with Crippen LogP contribution in [0.25, 0.3) is 0 Å². The fourth-order valence-corrected chi connectivity index (χ4v) is 4.57. The van der Waals surface area contributed by atoms with Gasteiger partial charge in [-0.3, -0.25) is 0 Å². The van der Waals surface area contributed by atoms with Crippen LogP contribution in [-0.2, 0) is 17.6 Å². The van der Waals surface area contributed by atoms with Gasteiger partial charge in [0.05, 0.1) is 12.2 Å². The molecule has 0 N–H and O–H groups in total. The summed E-state index contributed by atoms with van der Waals surface area (Å²) in [6, 6.07) is 17.4. The van der Waals surface area contributed by atoms with Crippen molar-refractivity contribution in [2.45, 2.75) is 70.7 Å². The number of rotatable bonds is 4. The maximum absolute atomic E-state index is 6.69. The Labute approximate surface area is 157 Å². The minimum atomic E-state index is -0.171. The van der Waals surface area contributed by atoms with E-state index in [0.717, 1.165) is 31.4 Å². The minimum absolute atomic E-state index is 0.162. The first-order valence-corrected chi connectivity index (χ1v) is 10.1. The fourth-order valence-electron chi connectivity index (χ4n) is 4.57. The van der Waals surface area contributed by atoms with Crippen molar-refractivity contribution in [3.05, 3.63) is 65.2 Å². The lowest BCUT2D eigenvalue weighted by molar-refractivity contribution is -0.150. The van der Waals surface area contributed by atoms with E-state index in [1.165, 1.54) is 23.1 Å². The summed E-state index contributed by atoms with van der Waals surface area (Å²) in [7, 11) is 0. The summed E-state index contributed by atoms with van der Waals surface area (Å²) in [6.07, 6.45) is 6.03. The van der Waals surface area contributed by atoms with Crippen LogP contribution >= 0.6 is 0 Å². The highest BCUT2D eigenvalue weighted by Gasteiger charge is 2.47. The molecule has 2 aromatic rings. The van der Waals surface area contributed by atoms with Gasteiger partial charge < -0.3 is 9.47 Å². The average Bonchev–Trinajstić information content (AvgIpc) is 2.66. The van der Waals surface area contributed by atoms with E-state index in [1.54, 1.807) is 0 Å². The molecule has 1 saturated heterocycles. The zero-order chi connectivity index (χ0) is 18.1. The van der Waals surface area contributed by atoms with Gasteiger partial charge in [0.15, 0.2) is 0 Å². The zero-order valence-corrected chi connectivity index (χ0v) is 16.2. The number of hydrogen-bond donors (Lipinski definition) is 0. The first-order valence-electron chi connectivity index (χ1n) is 10.1. The van der Waals surface area contributed by atoms with Gasteiger partial charge in [-0.15, -0.1) is 0 Å². The Morgan fingerprint density at radius 3 is 2.58 bits per heavy atom. The van der Waals surface area contributed by atoms with Crippen LogP contribution in [0.1, 0.15) is 62.8 Å². The monoisotopic (exact) mass is 350 g/mol. The molecule has 0 saturated carbocycles. The second-order valence-corrected chi connectivity index (χ2v) is 8.32. The van der Waals surface area contributed by atoms with Crippen molar-refractivity contribution in [2.24, 2.45) is 5.92 Å². The summed E-state index contributed by atoms with van der Waals surface area (Å²) in [5, 5.41) is 0. The van der Waals surface area contributed by atoms with Gasteiger partial charge in [-0.1, -0.05) is 43.3 Å². The quantitative estimate of drug-likeness (QED) is 0.684. The minimum Gasteiger partial charge on any atom is -0.487 e. The van der Waals surface area contributed by atoms with Crippen LogP contribution in [0.5, 0.6) is 5.75 Å². The summed E-state index contributed by atoms with van der Waals surface area (Å²) >= 11 is 0. The molecule has 3 atom stereocenters. The van der Waals surface area contributed by atoms with E-state index in [1.807, 2.05) is 0 Å². The predicted molar refractivity (Wildman–Crippen MR) is 106 cm³/mol. The molecule has 0 aliphatic carbocycles. The van der Waals surface area contributed by atoms with Crippen molar-refractivity contribution in [3.8, 4) is 5.75 Å². The average molecular weight is 351 g/mol. The van der Waals surface area contributed by atoms with Crippen LogP contribution in [0, 0.1) is 5.92 Å². The smallest absolute Gasteiger partial charge is 0.125 e. The molecule has 0 unspecified atom stereocenters. The third-order valence-electron chi connectivity index (χ3n) is 6.16. The Balaban J connectivity index is 1.54. The fraction of sp³-hybridized carbons (Fsp3) is 0.500. The molecule has 0 bridgehead atoms. The lowest BCUT2D eigenvalue weighted by Crippen LogP contribution is -2.48. The van der Waals surface area contributed by atoms with E-state index in [4.69, 9.17) is 9.47 Å². The van der Waals surface area contributed by atoms with Crippen molar-refractivity contribution in [1.82, 2.24) is 0 Å². The highest BCUT2D eigenvalue weighted by molar-refractivity contribution is 5.42. The Hall–Kier alpha value is -1.80. The lowest BCUT2D eigenvalue weighted by atomic mass is 9.74. The van der Waals surface area contributed by atoms with Crippen molar-refractivity contribution >= 4 is 0 Å². The molecule has 26 heavy (non-hydrogen) atoms. The van der Waals surface area contributed by atoms with Gasteiger partial charge in [0.1, 0.15) is 11.4 Å². The first kappa shape index (κ1) is 17.6. The highest BCUT2D eigenvalue weighted by Crippen LogP contribution is 2.51. The summed E-state index contributed by atoms with van der Waals surface area (Å²) in [6.45, 7) is 6.64. The van der Waals surface area contributed by atoms with Gasteiger partial charge in [-0.2, -0.15) is 0 Å². The summed E-state index contributed by atoms with van der Waals surface area (Å²) < 4.78 is 13.1. The van der Waals surface area contributed by atoms with Crippen LogP contribution in [0.3, 0.4) is 0 Å². The van der Waals surface area contributed by atoms with E-state index in [9.17, 15) is 0 Å². The zero-order valence-electron chi connectivity index (χ0n) is 16.2. The summed E-state index contributed by atoms with van der Waals surface area (Å²) in [4.78, 5) is 0. The van der Waals surface area contributed by atoms with Gasteiger partial charge >= 0.3 is 0 Å². The molecule has 2 nitrogen and oxygen atoms in total. The van der Waals surface area contributed by atoms with E-state index in [0.29, 0.717) is 12.0 Å². The molecule has 0 amide bonds. The lowest BCUT2D eigenvalue weighted by Gasteiger charge is -2.49. The summed E-state index contributed by atoms with van der Waals surface area (Å²) in [5.74, 6) is 1.44. The second kappa shape index (κ2) is 7.08. The molecule has 2 aliphatic rings. The molecule has 2 heteroatoms. The SMILES string of the molecule is CCc1ccc2c(c1)[C@H]1O[C@@H](CCc3ccccc3)CC[C@@H]1C(C)(C)O2. The number of aryl methyl sites for hydroxylation is 2. The Bertz CT molecular complexity index is 750. The first-order chi connectivity index (χ1) is 12.6. The van der Waals surface area contributed by atoms with Gasteiger partial charge in [0, 0.05) is 11.5 Å². The molecular weight excluding hydrogens is 320 g/mol. The molecule has 0 aromatic heterocycles. The van der Waals surface area contributed by atoms with Crippen LogP contribution in [0.4, 0.5) is 0 Å². The molecule has 2 aromatic carbocycles. The third-order valence-corrected chi connectivity index (χ3v) is 6.16. The molecule has 0 spiro atoms. The van der Waals surface area contributed by atoms with Crippen molar-refractivity contribution < 1.29 is 9.47 Å². The van der Waals surface area contributed by atoms with Gasteiger partial charge in [0.25, 0.3) is 0 Å². The van der Waals surface area contributed by atoms with Gasteiger partial charge in [-0.25, -0.2) is 0 Å². The Morgan fingerprint density at radius 1 is 1.00 bits per heavy atom. The molecule has 0 radical (unpaired) electrons. The van der Waals surface area contributed by atoms with Gasteiger partial charge in [0.2, 0.25) is 0 Å². The van der Waals surface area contributed by atoms with Crippen LogP contribution in [0.15, 0.2) is 48.5 Å². The maximum atomic E-state index is 6.69. The highest BCUT2D eigenvalue weighted by atomic mass is 16.5. The van der Waals surface area contributed by atoms with Crippen LogP contribution < -0.4 is 4.74 Å². The van der Waals surface area contributed by atoms with Gasteiger partial charge in [-0.05, 0) is 69.2 Å². The Morgan fingerprint density at radius 2 is 1.81 bits per heavy atom. The number of fused-ring (bicyclic) bond motifs is 3. The molecule has 4 rings (SSSR count). The molecule has 1 fully saturated rings. The van der Waals surface area contributed by atoms with Crippen molar-refractivity contribution in [2.75, 3.05) is 0 Å². The number of hydrogen-bond acceptors (Lipinski definition) is 2.